The number of thiophene rings is 1. The van der Waals surface area contributed by atoms with E-state index in [0.29, 0.717) is 17.7 Å². The Bertz CT molecular complexity index is 1380. The van der Waals surface area contributed by atoms with Crippen LogP contribution in [0.1, 0.15) is 39.1 Å². The average Bonchev–Trinajstić information content (AvgIpc) is 3.43. The fraction of sp³-hybridized carbons (Fsp3) is 0.333. The van der Waals surface area contributed by atoms with Gasteiger partial charge in [0.25, 0.3) is 11.8 Å². The molecule has 1 aromatic carbocycles. The predicted octanol–water partition coefficient (Wildman–Crippen LogP) is 1.41. The Morgan fingerprint density at radius 1 is 0.971 bits per heavy atom. The molecule has 1 N–H and O–H groups in total. The third kappa shape index (κ3) is 3.76. The van der Waals surface area contributed by atoms with Gasteiger partial charge in [-0.2, -0.15) is 0 Å². The van der Waals surface area contributed by atoms with Crippen LogP contribution < -0.4 is 10.2 Å². The summed E-state index contributed by atoms with van der Waals surface area (Å²) in [4.78, 5) is 65.1. The summed E-state index contributed by atoms with van der Waals surface area (Å²) >= 11 is 1.61. The van der Waals surface area contributed by atoms with Crippen LogP contribution in [0, 0.1) is 0 Å². The molecule has 2 aromatic heterocycles. The number of carbonyl (C=O) groups excluding carboxylic acids is 4. The smallest absolute Gasteiger partial charge is 0.262 e. The summed E-state index contributed by atoms with van der Waals surface area (Å²) in [6, 6.07) is 6.40. The number of hydrogen-bond acceptors (Lipinski definition) is 9. The van der Waals surface area contributed by atoms with Gasteiger partial charge < -0.3 is 4.90 Å². The number of piperidine rings is 1. The van der Waals surface area contributed by atoms with Crippen molar-refractivity contribution in [2.24, 2.45) is 0 Å². The third-order valence-electron chi connectivity index (χ3n) is 6.82. The second-order valence-corrected chi connectivity index (χ2v) is 9.82. The second-order valence-electron chi connectivity index (χ2n) is 8.93. The van der Waals surface area contributed by atoms with E-state index < -0.39 is 23.8 Å². The Morgan fingerprint density at radius 2 is 1.77 bits per heavy atom. The summed E-state index contributed by atoms with van der Waals surface area (Å²) in [5, 5.41) is 5.33. The lowest BCUT2D eigenvalue weighted by Crippen LogP contribution is -2.54. The number of fused-ring (bicyclic) bond motifs is 2. The number of anilines is 1. The summed E-state index contributed by atoms with van der Waals surface area (Å²) in [5.41, 5.74) is 1.55. The van der Waals surface area contributed by atoms with E-state index in [-0.39, 0.29) is 18.7 Å². The van der Waals surface area contributed by atoms with Gasteiger partial charge in [-0.05, 0) is 35.6 Å². The molecule has 0 bridgehead atoms. The normalized spacial score (nSPS) is 21.1. The van der Waals surface area contributed by atoms with Crippen molar-refractivity contribution in [1.82, 2.24) is 25.1 Å². The van der Waals surface area contributed by atoms with Gasteiger partial charge in [-0.3, -0.25) is 34.3 Å². The molecule has 2 saturated heterocycles. The number of piperazine rings is 1. The van der Waals surface area contributed by atoms with Gasteiger partial charge in [0.05, 0.1) is 16.5 Å². The fourth-order valence-electron chi connectivity index (χ4n) is 5.02. The van der Waals surface area contributed by atoms with Crippen molar-refractivity contribution in [3.63, 3.8) is 0 Å². The van der Waals surface area contributed by atoms with Gasteiger partial charge in [0.2, 0.25) is 11.8 Å². The molecule has 0 spiro atoms. The van der Waals surface area contributed by atoms with E-state index in [0.717, 1.165) is 52.7 Å². The number of carbonyl (C=O) groups is 4. The molecule has 3 aliphatic rings. The van der Waals surface area contributed by atoms with Crippen LogP contribution in [0.3, 0.4) is 0 Å². The van der Waals surface area contributed by atoms with Crippen LogP contribution in [0.25, 0.3) is 10.2 Å². The van der Waals surface area contributed by atoms with Crippen LogP contribution in [0.4, 0.5) is 5.82 Å². The first kappa shape index (κ1) is 21.8. The van der Waals surface area contributed by atoms with Gasteiger partial charge in [0.15, 0.2) is 0 Å². The Morgan fingerprint density at radius 3 is 2.57 bits per heavy atom. The topological polar surface area (TPSA) is 116 Å². The maximum atomic E-state index is 13.1. The predicted molar refractivity (Wildman–Crippen MR) is 128 cm³/mol. The summed E-state index contributed by atoms with van der Waals surface area (Å²) < 4.78 is 0. The number of nitrogens with one attached hydrogen (secondary N) is 1. The van der Waals surface area contributed by atoms with Gasteiger partial charge in [-0.1, -0.05) is 6.07 Å². The molecule has 3 aromatic rings. The van der Waals surface area contributed by atoms with Gasteiger partial charge >= 0.3 is 0 Å². The zero-order valence-corrected chi connectivity index (χ0v) is 19.6. The first-order chi connectivity index (χ1) is 17.0. The van der Waals surface area contributed by atoms with Crippen LogP contribution in [0.2, 0.25) is 0 Å². The molecule has 1 atom stereocenters. The highest BCUT2D eigenvalue weighted by molar-refractivity contribution is 7.16. The van der Waals surface area contributed by atoms with Gasteiger partial charge in [-0.15, -0.1) is 11.3 Å². The lowest BCUT2D eigenvalue weighted by atomic mass is 10.0. The monoisotopic (exact) mass is 490 g/mol. The van der Waals surface area contributed by atoms with Gasteiger partial charge in [0, 0.05) is 39.1 Å². The molecule has 3 aliphatic heterocycles. The minimum atomic E-state index is -0.951. The van der Waals surface area contributed by atoms with E-state index in [1.165, 1.54) is 0 Å². The number of imide groups is 2. The van der Waals surface area contributed by atoms with E-state index >= 15 is 0 Å². The fourth-order valence-corrected chi connectivity index (χ4v) is 5.75. The van der Waals surface area contributed by atoms with Crippen molar-refractivity contribution in [3.8, 4) is 0 Å². The van der Waals surface area contributed by atoms with Crippen LogP contribution in [0.15, 0.2) is 36.0 Å². The first-order valence-corrected chi connectivity index (χ1v) is 12.4. The molecule has 0 aliphatic carbocycles. The molecular formula is C24H22N6O4S. The zero-order chi connectivity index (χ0) is 24.1. The van der Waals surface area contributed by atoms with Crippen molar-refractivity contribution in [2.45, 2.75) is 25.4 Å². The number of aromatic nitrogens is 2. The lowest BCUT2D eigenvalue weighted by Gasteiger charge is -2.35. The standard InChI is InChI=1S/C24H22N6O4S/c31-19-4-3-18(21(32)27-19)30-23(33)15-2-1-14(11-17(15)24(30)34)12-28-6-8-29(9-7-28)20-16-5-10-35-22(16)26-13-25-20/h1-2,5,10-11,13,18H,3-4,6-9,12H2,(H,27,31,32). The maximum absolute atomic E-state index is 13.1. The summed E-state index contributed by atoms with van der Waals surface area (Å²) in [5.74, 6) is -0.980. The number of hydrogen-bond donors (Lipinski definition) is 1. The molecule has 0 saturated carbocycles. The molecule has 5 heterocycles. The number of rotatable bonds is 4. The molecule has 2 fully saturated rings. The highest BCUT2D eigenvalue weighted by Gasteiger charge is 2.44. The van der Waals surface area contributed by atoms with Crippen molar-refractivity contribution < 1.29 is 19.2 Å². The third-order valence-corrected chi connectivity index (χ3v) is 7.64. The Hall–Kier alpha value is -3.70. The highest BCUT2D eigenvalue weighted by atomic mass is 32.1. The van der Waals surface area contributed by atoms with Gasteiger partial charge in [-0.25, -0.2) is 9.97 Å². The van der Waals surface area contributed by atoms with E-state index in [1.807, 2.05) is 11.4 Å². The number of benzene rings is 1. The van der Waals surface area contributed by atoms with Crippen LogP contribution in [-0.4, -0.2) is 75.6 Å². The maximum Gasteiger partial charge on any atom is 0.262 e. The highest BCUT2D eigenvalue weighted by Crippen LogP contribution is 2.30. The van der Waals surface area contributed by atoms with Crippen molar-refractivity contribution >= 4 is 51.0 Å². The van der Waals surface area contributed by atoms with E-state index in [9.17, 15) is 19.2 Å². The first-order valence-electron chi connectivity index (χ1n) is 11.5. The molecule has 4 amide bonds. The van der Waals surface area contributed by atoms with Crippen LogP contribution >= 0.6 is 11.3 Å². The molecule has 6 rings (SSSR count). The minimum Gasteiger partial charge on any atom is -0.353 e. The molecule has 35 heavy (non-hydrogen) atoms. The minimum absolute atomic E-state index is 0.105. The van der Waals surface area contributed by atoms with E-state index in [1.54, 1.807) is 29.8 Å². The average molecular weight is 491 g/mol. The molecule has 10 nitrogen and oxygen atoms in total. The van der Waals surface area contributed by atoms with E-state index in [2.05, 4.69) is 31.2 Å². The SMILES string of the molecule is O=C1CCC(N2C(=O)c3ccc(CN4CCN(c5ncnc6sccc56)CC4)cc3C2=O)C(=O)N1. The molecule has 1 unspecified atom stereocenters. The Balaban J connectivity index is 1.14. The molecule has 178 valence electrons. The van der Waals surface area contributed by atoms with Gasteiger partial charge in [0.1, 0.15) is 23.0 Å². The lowest BCUT2D eigenvalue weighted by molar-refractivity contribution is -0.136. The summed E-state index contributed by atoms with van der Waals surface area (Å²) in [6.45, 7) is 3.98. The Labute approximate surface area is 204 Å². The van der Waals surface area contributed by atoms with E-state index in [4.69, 9.17) is 0 Å². The zero-order valence-electron chi connectivity index (χ0n) is 18.8. The summed E-state index contributed by atoms with van der Waals surface area (Å²) in [7, 11) is 0. The molecule has 0 radical (unpaired) electrons. The van der Waals surface area contributed by atoms with Crippen molar-refractivity contribution in [1.29, 1.82) is 0 Å². The molecule has 11 heteroatoms. The number of amides is 4. The van der Waals surface area contributed by atoms with Crippen LogP contribution in [-0.2, 0) is 16.1 Å². The largest absolute Gasteiger partial charge is 0.353 e. The molecular weight excluding hydrogens is 468 g/mol. The Kier molecular flexibility index (Phi) is 5.30. The van der Waals surface area contributed by atoms with Crippen molar-refractivity contribution in [3.05, 3.63) is 52.7 Å². The van der Waals surface area contributed by atoms with Crippen LogP contribution in [0.5, 0.6) is 0 Å². The second kappa shape index (κ2) is 8.51. The van der Waals surface area contributed by atoms with Crippen molar-refractivity contribution in [2.75, 3.05) is 31.1 Å². The summed E-state index contributed by atoms with van der Waals surface area (Å²) in [6.07, 6.45) is 1.87. The number of nitrogens with zero attached hydrogens (tertiary/aromatic N) is 5. The quantitative estimate of drug-likeness (QED) is 0.546.